The van der Waals surface area contributed by atoms with Crippen LogP contribution in [0.4, 0.5) is 0 Å². The Labute approximate surface area is 109 Å². The van der Waals surface area contributed by atoms with Gasteiger partial charge in [-0.3, -0.25) is 9.20 Å². The van der Waals surface area contributed by atoms with Crippen molar-refractivity contribution in [2.24, 2.45) is 5.92 Å². The first kappa shape index (κ1) is 11.7. The average Bonchev–Trinajstić information content (AvgIpc) is 2.32. The van der Waals surface area contributed by atoms with Crippen molar-refractivity contribution in [1.29, 1.82) is 0 Å². The normalized spacial score (nSPS) is 15.8. The minimum Gasteiger partial charge on any atom is -0.316 e. The number of fused-ring (bicyclic) bond motifs is 1. The van der Waals surface area contributed by atoms with Gasteiger partial charge in [-0.05, 0) is 36.9 Å². The van der Waals surface area contributed by atoms with Gasteiger partial charge in [0, 0.05) is 18.0 Å². The van der Waals surface area contributed by atoms with Gasteiger partial charge in [-0.25, -0.2) is 4.98 Å². The molecule has 0 aliphatic carbocycles. The maximum absolute atomic E-state index is 11.9. The Morgan fingerprint density at radius 3 is 3.11 bits per heavy atom. The van der Waals surface area contributed by atoms with Crippen molar-refractivity contribution in [2.75, 3.05) is 18.8 Å². The van der Waals surface area contributed by atoms with Crippen LogP contribution in [0.2, 0.25) is 0 Å². The van der Waals surface area contributed by atoms with Gasteiger partial charge in [0.2, 0.25) is 0 Å². The maximum Gasteiger partial charge on any atom is 0.258 e. The van der Waals surface area contributed by atoms with Crippen LogP contribution in [0, 0.1) is 5.92 Å². The van der Waals surface area contributed by atoms with Crippen LogP contribution < -0.4 is 10.9 Å². The smallest absolute Gasteiger partial charge is 0.258 e. The minimum absolute atomic E-state index is 0.00140. The van der Waals surface area contributed by atoms with Crippen LogP contribution in [0.5, 0.6) is 0 Å². The topological polar surface area (TPSA) is 46.4 Å². The quantitative estimate of drug-likeness (QED) is 0.897. The van der Waals surface area contributed by atoms with Crippen molar-refractivity contribution in [3.8, 4) is 0 Å². The molecule has 0 atom stereocenters. The summed E-state index contributed by atoms with van der Waals surface area (Å²) in [6.07, 6.45) is 1.75. The third-order valence-corrected chi connectivity index (χ3v) is 4.30. The molecule has 1 fully saturated rings. The van der Waals surface area contributed by atoms with E-state index in [1.165, 1.54) is 0 Å². The standard InChI is InChI=1S/C13H15N3OS/c17-13-5-11(9-18-8-10-6-14-7-10)15-12-3-1-2-4-16(12)13/h1-5,10,14H,6-9H2. The van der Waals surface area contributed by atoms with Gasteiger partial charge in [-0.2, -0.15) is 11.8 Å². The molecule has 1 N–H and O–H groups in total. The number of hydrogen-bond donors (Lipinski definition) is 1. The van der Waals surface area contributed by atoms with Crippen LogP contribution in [0.25, 0.3) is 5.65 Å². The predicted octanol–water partition coefficient (Wildman–Crippen LogP) is 1.15. The summed E-state index contributed by atoms with van der Waals surface area (Å²) in [6, 6.07) is 7.25. The van der Waals surface area contributed by atoms with Crippen molar-refractivity contribution in [3.63, 3.8) is 0 Å². The van der Waals surface area contributed by atoms with E-state index in [0.29, 0.717) is 0 Å². The van der Waals surface area contributed by atoms with Crippen molar-refractivity contribution in [1.82, 2.24) is 14.7 Å². The van der Waals surface area contributed by atoms with E-state index in [1.807, 2.05) is 30.0 Å². The highest BCUT2D eigenvalue weighted by atomic mass is 32.2. The Hall–Kier alpha value is -1.33. The van der Waals surface area contributed by atoms with Crippen LogP contribution in [-0.2, 0) is 5.75 Å². The lowest BCUT2D eigenvalue weighted by Gasteiger charge is -2.26. The molecule has 0 bridgehead atoms. The lowest BCUT2D eigenvalue weighted by molar-refractivity contribution is 0.385. The zero-order chi connectivity index (χ0) is 12.4. The van der Waals surface area contributed by atoms with E-state index in [2.05, 4.69) is 10.3 Å². The molecule has 1 saturated heterocycles. The van der Waals surface area contributed by atoms with E-state index in [0.717, 1.165) is 41.9 Å². The van der Waals surface area contributed by atoms with Crippen molar-refractivity contribution >= 4 is 17.4 Å². The molecule has 94 valence electrons. The molecule has 1 aliphatic heterocycles. The summed E-state index contributed by atoms with van der Waals surface area (Å²) < 4.78 is 1.57. The minimum atomic E-state index is 0.00140. The second kappa shape index (κ2) is 5.12. The number of thioether (sulfide) groups is 1. The molecule has 3 rings (SSSR count). The lowest BCUT2D eigenvalue weighted by atomic mass is 10.1. The summed E-state index contributed by atoms with van der Waals surface area (Å²) in [5.41, 5.74) is 1.61. The molecule has 3 heterocycles. The molecule has 0 radical (unpaired) electrons. The largest absolute Gasteiger partial charge is 0.316 e. The average molecular weight is 261 g/mol. The number of aromatic nitrogens is 2. The molecule has 5 heteroatoms. The lowest BCUT2D eigenvalue weighted by Crippen LogP contribution is -2.43. The monoisotopic (exact) mass is 261 g/mol. The third-order valence-electron chi connectivity index (χ3n) is 3.09. The molecule has 0 saturated carbocycles. The SMILES string of the molecule is O=c1cc(CSCC2CNC2)nc2ccccn12. The van der Waals surface area contributed by atoms with Crippen LogP contribution >= 0.6 is 11.8 Å². The maximum atomic E-state index is 11.9. The van der Waals surface area contributed by atoms with Gasteiger partial charge < -0.3 is 5.32 Å². The van der Waals surface area contributed by atoms with Gasteiger partial charge in [0.15, 0.2) is 0 Å². The molecule has 0 unspecified atom stereocenters. The van der Waals surface area contributed by atoms with E-state index >= 15 is 0 Å². The molecule has 1 aliphatic rings. The summed E-state index contributed by atoms with van der Waals surface area (Å²) in [6.45, 7) is 2.25. The van der Waals surface area contributed by atoms with Gasteiger partial charge in [-0.1, -0.05) is 6.07 Å². The van der Waals surface area contributed by atoms with Crippen molar-refractivity contribution in [3.05, 3.63) is 46.5 Å². The molecule has 0 aromatic carbocycles. The molecule has 4 nitrogen and oxygen atoms in total. The van der Waals surface area contributed by atoms with E-state index in [-0.39, 0.29) is 5.56 Å². The first-order valence-electron chi connectivity index (χ1n) is 6.09. The summed E-state index contributed by atoms with van der Waals surface area (Å²) >= 11 is 1.86. The fraction of sp³-hybridized carbons (Fsp3) is 0.385. The Bertz CT molecular complexity index is 606. The second-order valence-corrected chi connectivity index (χ2v) is 5.58. The highest BCUT2D eigenvalue weighted by Crippen LogP contribution is 2.16. The molecule has 18 heavy (non-hydrogen) atoms. The van der Waals surface area contributed by atoms with E-state index in [1.54, 1.807) is 16.7 Å². The number of pyridine rings is 1. The molecular formula is C13H15N3OS. The Balaban J connectivity index is 1.73. The van der Waals surface area contributed by atoms with Gasteiger partial charge in [0.05, 0.1) is 5.69 Å². The van der Waals surface area contributed by atoms with E-state index < -0.39 is 0 Å². The second-order valence-electron chi connectivity index (χ2n) is 4.55. The molecule has 2 aromatic rings. The summed E-state index contributed by atoms with van der Waals surface area (Å²) in [7, 11) is 0. The van der Waals surface area contributed by atoms with Gasteiger partial charge >= 0.3 is 0 Å². The van der Waals surface area contributed by atoms with Crippen LogP contribution in [-0.4, -0.2) is 28.2 Å². The molecule has 0 amide bonds. The zero-order valence-corrected chi connectivity index (χ0v) is 10.8. The summed E-state index contributed by atoms with van der Waals surface area (Å²) in [4.78, 5) is 16.4. The van der Waals surface area contributed by atoms with E-state index in [9.17, 15) is 4.79 Å². The predicted molar refractivity (Wildman–Crippen MR) is 74.0 cm³/mol. The van der Waals surface area contributed by atoms with Crippen LogP contribution in [0.1, 0.15) is 5.69 Å². The van der Waals surface area contributed by atoms with Crippen LogP contribution in [0.15, 0.2) is 35.3 Å². The summed E-state index contributed by atoms with van der Waals surface area (Å²) in [5, 5.41) is 3.26. The highest BCUT2D eigenvalue weighted by molar-refractivity contribution is 7.98. The zero-order valence-electron chi connectivity index (χ0n) is 10.0. The van der Waals surface area contributed by atoms with Crippen molar-refractivity contribution < 1.29 is 0 Å². The number of rotatable bonds is 4. The number of nitrogens with one attached hydrogen (secondary N) is 1. The molecule has 0 spiro atoms. The van der Waals surface area contributed by atoms with E-state index in [4.69, 9.17) is 0 Å². The number of nitrogens with zero attached hydrogens (tertiary/aromatic N) is 2. The van der Waals surface area contributed by atoms with Crippen molar-refractivity contribution in [2.45, 2.75) is 5.75 Å². The molecule has 2 aromatic heterocycles. The Morgan fingerprint density at radius 1 is 1.44 bits per heavy atom. The fourth-order valence-corrected chi connectivity index (χ4v) is 3.02. The molecular weight excluding hydrogens is 246 g/mol. The highest BCUT2D eigenvalue weighted by Gasteiger charge is 2.16. The Kier molecular flexibility index (Phi) is 3.34. The van der Waals surface area contributed by atoms with Gasteiger partial charge in [0.25, 0.3) is 5.56 Å². The number of hydrogen-bond acceptors (Lipinski definition) is 4. The fourth-order valence-electron chi connectivity index (χ4n) is 1.97. The van der Waals surface area contributed by atoms with Gasteiger partial charge in [0.1, 0.15) is 5.65 Å². The summed E-state index contributed by atoms with van der Waals surface area (Å²) in [5.74, 6) is 2.75. The van der Waals surface area contributed by atoms with Gasteiger partial charge in [-0.15, -0.1) is 0 Å². The first-order valence-corrected chi connectivity index (χ1v) is 7.24. The third kappa shape index (κ3) is 2.42. The van der Waals surface area contributed by atoms with Crippen LogP contribution in [0.3, 0.4) is 0 Å². The Morgan fingerprint density at radius 2 is 2.33 bits per heavy atom. The first-order chi connectivity index (χ1) is 8.83.